The first-order valence-corrected chi connectivity index (χ1v) is 7.72. The van der Waals surface area contributed by atoms with Crippen molar-refractivity contribution in [3.63, 3.8) is 0 Å². The molecule has 0 radical (unpaired) electrons. The Balaban J connectivity index is 2.04. The van der Waals surface area contributed by atoms with Gasteiger partial charge in [0.05, 0.1) is 22.3 Å². The van der Waals surface area contributed by atoms with E-state index < -0.39 is 0 Å². The van der Waals surface area contributed by atoms with Crippen LogP contribution in [0, 0.1) is 5.92 Å². The molecule has 1 heterocycles. The van der Waals surface area contributed by atoms with Gasteiger partial charge in [-0.1, -0.05) is 13.3 Å². The molecule has 0 fully saturated rings. The maximum absolute atomic E-state index is 5.64. The molecule has 104 valence electrons. The zero-order chi connectivity index (χ0) is 13.7. The van der Waals surface area contributed by atoms with Crippen LogP contribution < -0.4 is 10.5 Å². The minimum atomic E-state index is 0.728. The second-order valence-corrected chi connectivity index (χ2v) is 5.95. The van der Waals surface area contributed by atoms with E-state index in [0.29, 0.717) is 0 Å². The zero-order valence-electron chi connectivity index (χ0n) is 11.7. The number of aryl methyl sites for hydroxylation is 1. The maximum Gasteiger partial charge on any atom is 0.120 e. The molecule has 0 spiro atoms. The first-order valence-electron chi connectivity index (χ1n) is 6.90. The number of nitrogens with zero attached hydrogens (tertiary/aromatic N) is 1. The number of ether oxygens (including phenoxy) is 1. The smallest absolute Gasteiger partial charge is 0.120 e. The van der Waals surface area contributed by atoms with E-state index in [2.05, 4.69) is 18.0 Å². The Morgan fingerprint density at radius 3 is 2.89 bits per heavy atom. The zero-order valence-corrected chi connectivity index (χ0v) is 12.5. The van der Waals surface area contributed by atoms with E-state index in [1.165, 1.54) is 22.5 Å². The Kier molecular flexibility index (Phi) is 5.16. The second kappa shape index (κ2) is 6.87. The molecule has 19 heavy (non-hydrogen) atoms. The summed E-state index contributed by atoms with van der Waals surface area (Å²) >= 11 is 1.78. The van der Waals surface area contributed by atoms with Crippen molar-refractivity contribution in [2.24, 2.45) is 11.7 Å². The number of rotatable bonds is 7. The minimum absolute atomic E-state index is 0.728. The fraction of sp³-hybridized carbons (Fsp3) is 0.533. The first kappa shape index (κ1) is 14.3. The van der Waals surface area contributed by atoms with Crippen molar-refractivity contribution >= 4 is 21.6 Å². The molecule has 0 amide bonds. The molecule has 4 heteroatoms. The molecule has 1 atom stereocenters. The summed E-state index contributed by atoms with van der Waals surface area (Å²) in [4.78, 5) is 4.69. The van der Waals surface area contributed by atoms with Crippen molar-refractivity contribution in [1.29, 1.82) is 0 Å². The van der Waals surface area contributed by atoms with Crippen LogP contribution in [-0.2, 0) is 6.42 Å². The van der Waals surface area contributed by atoms with Crippen LogP contribution in [-0.4, -0.2) is 18.6 Å². The average Bonchev–Trinajstić information content (AvgIpc) is 2.84. The standard InChI is InChI=1S/C15H22N2OS/c1-3-11(8-9-16)4-7-15-17-13-6-5-12(18-2)10-14(13)19-15/h5-6,10-11H,3-4,7-9,16H2,1-2H3. The summed E-state index contributed by atoms with van der Waals surface area (Å²) in [5, 5.41) is 1.22. The topological polar surface area (TPSA) is 48.1 Å². The van der Waals surface area contributed by atoms with E-state index >= 15 is 0 Å². The number of thiazole rings is 1. The highest BCUT2D eigenvalue weighted by Gasteiger charge is 2.09. The summed E-state index contributed by atoms with van der Waals surface area (Å²) in [5.41, 5.74) is 6.72. The number of fused-ring (bicyclic) bond motifs is 1. The quantitative estimate of drug-likeness (QED) is 0.841. The summed E-state index contributed by atoms with van der Waals surface area (Å²) < 4.78 is 6.45. The highest BCUT2D eigenvalue weighted by atomic mass is 32.1. The van der Waals surface area contributed by atoms with E-state index in [-0.39, 0.29) is 0 Å². The molecule has 0 bridgehead atoms. The Morgan fingerprint density at radius 2 is 2.21 bits per heavy atom. The van der Waals surface area contributed by atoms with E-state index in [1.54, 1.807) is 18.4 Å². The van der Waals surface area contributed by atoms with Crippen LogP contribution in [0.25, 0.3) is 10.2 Å². The van der Waals surface area contributed by atoms with Gasteiger partial charge < -0.3 is 10.5 Å². The molecular formula is C15H22N2OS. The number of hydrogen-bond donors (Lipinski definition) is 1. The van der Waals surface area contributed by atoms with Gasteiger partial charge in [-0.2, -0.15) is 0 Å². The van der Waals surface area contributed by atoms with Crippen LogP contribution in [0.4, 0.5) is 0 Å². The van der Waals surface area contributed by atoms with Crippen molar-refractivity contribution in [2.45, 2.75) is 32.6 Å². The number of benzene rings is 1. The summed E-state index contributed by atoms with van der Waals surface area (Å²) in [7, 11) is 1.70. The Labute approximate surface area is 118 Å². The van der Waals surface area contributed by atoms with Gasteiger partial charge in [0.1, 0.15) is 5.75 Å². The normalized spacial score (nSPS) is 12.8. The van der Waals surface area contributed by atoms with Crippen LogP contribution in [0.1, 0.15) is 31.2 Å². The van der Waals surface area contributed by atoms with Crippen molar-refractivity contribution in [1.82, 2.24) is 4.98 Å². The van der Waals surface area contributed by atoms with Gasteiger partial charge in [0.25, 0.3) is 0 Å². The highest BCUT2D eigenvalue weighted by molar-refractivity contribution is 7.18. The van der Waals surface area contributed by atoms with Gasteiger partial charge in [0.2, 0.25) is 0 Å². The van der Waals surface area contributed by atoms with Gasteiger partial charge in [0.15, 0.2) is 0 Å². The minimum Gasteiger partial charge on any atom is -0.497 e. The van der Waals surface area contributed by atoms with E-state index in [4.69, 9.17) is 10.5 Å². The molecule has 1 aromatic heterocycles. The van der Waals surface area contributed by atoms with Crippen LogP contribution in [0.2, 0.25) is 0 Å². The Bertz CT molecular complexity index is 524. The number of nitrogens with two attached hydrogens (primary N) is 1. The Morgan fingerprint density at radius 1 is 1.37 bits per heavy atom. The molecule has 2 N–H and O–H groups in total. The lowest BCUT2D eigenvalue weighted by atomic mass is 9.97. The van der Waals surface area contributed by atoms with Crippen LogP contribution in [0.3, 0.4) is 0 Å². The lowest BCUT2D eigenvalue weighted by Crippen LogP contribution is -2.08. The van der Waals surface area contributed by atoms with Crippen molar-refractivity contribution < 1.29 is 4.74 Å². The monoisotopic (exact) mass is 278 g/mol. The maximum atomic E-state index is 5.64. The van der Waals surface area contributed by atoms with Crippen LogP contribution in [0.5, 0.6) is 5.75 Å². The van der Waals surface area contributed by atoms with E-state index in [1.807, 2.05) is 12.1 Å². The largest absolute Gasteiger partial charge is 0.497 e. The third kappa shape index (κ3) is 3.67. The van der Waals surface area contributed by atoms with Gasteiger partial charge >= 0.3 is 0 Å². The fourth-order valence-corrected chi connectivity index (χ4v) is 3.31. The predicted molar refractivity (Wildman–Crippen MR) is 81.9 cm³/mol. The SMILES string of the molecule is CCC(CCN)CCc1nc2ccc(OC)cc2s1. The molecule has 0 saturated heterocycles. The highest BCUT2D eigenvalue weighted by Crippen LogP contribution is 2.28. The van der Waals surface area contributed by atoms with Crippen molar-refractivity contribution in [3.8, 4) is 5.75 Å². The Hall–Kier alpha value is -1.13. The molecule has 1 unspecified atom stereocenters. The molecule has 0 aliphatic carbocycles. The summed E-state index contributed by atoms with van der Waals surface area (Å²) in [6.45, 7) is 3.03. The number of methoxy groups -OCH3 is 1. The van der Waals surface area contributed by atoms with E-state index in [9.17, 15) is 0 Å². The number of hydrogen-bond acceptors (Lipinski definition) is 4. The number of aromatic nitrogens is 1. The van der Waals surface area contributed by atoms with Gasteiger partial charge in [0, 0.05) is 0 Å². The van der Waals surface area contributed by atoms with Crippen LogP contribution in [0.15, 0.2) is 18.2 Å². The molecule has 0 aliphatic rings. The summed E-state index contributed by atoms with van der Waals surface area (Å²) in [6.07, 6.45) is 4.57. The third-order valence-electron chi connectivity index (χ3n) is 3.56. The van der Waals surface area contributed by atoms with Crippen molar-refractivity contribution in [3.05, 3.63) is 23.2 Å². The third-order valence-corrected chi connectivity index (χ3v) is 4.64. The average molecular weight is 278 g/mol. The van der Waals surface area contributed by atoms with E-state index in [0.717, 1.165) is 36.6 Å². The van der Waals surface area contributed by atoms with Crippen molar-refractivity contribution in [2.75, 3.05) is 13.7 Å². The van der Waals surface area contributed by atoms with Gasteiger partial charge in [-0.05, 0) is 49.9 Å². The molecule has 2 aromatic rings. The van der Waals surface area contributed by atoms with Gasteiger partial charge in [-0.15, -0.1) is 11.3 Å². The lowest BCUT2D eigenvalue weighted by molar-refractivity contribution is 0.415. The van der Waals surface area contributed by atoms with Gasteiger partial charge in [-0.3, -0.25) is 0 Å². The molecule has 0 saturated carbocycles. The first-order chi connectivity index (χ1) is 9.26. The predicted octanol–water partition coefficient (Wildman–Crippen LogP) is 3.61. The van der Waals surface area contributed by atoms with Gasteiger partial charge in [-0.25, -0.2) is 4.98 Å². The summed E-state index contributed by atoms with van der Waals surface area (Å²) in [5.74, 6) is 1.63. The summed E-state index contributed by atoms with van der Waals surface area (Å²) in [6, 6.07) is 6.06. The molecule has 2 rings (SSSR count). The van der Waals surface area contributed by atoms with Crippen LogP contribution >= 0.6 is 11.3 Å². The second-order valence-electron chi connectivity index (χ2n) is 4.83. The molecule has 0 aliphatic heterocycles. The molecular weight excluding hydrogens is 256 g/mol. The molecule has 3 nitrogen and oxygen atoms in total. The fourth-order valence-electron chi connectivity index (χ4n) is 2.30. The molecule has 1 aromatic carbocycles. The lowest BCUT2D eigenvalue weighted by Gasteiger charge is -2.11.